The summed E-state index contributed by atoms with van der Waals surface area (Å²) >= 11 is 0. The maximum atomic E-state index is 11.1. The van der Waals surface area contributed by atoms with Crippen LogP contribution in [0, 0.1) is 11.8 Å². The lowest BCUT2D eigenvalue weighted by molar-refractivity contribution is -0.149. The molecule has 0 aliphatic rings. The zero-order valence-electron chi connectivity index (χ0n) is 20.6. The van der Waals surface area contributed by atoms with E-state index in [1.165, 1.54) is 11.1 Å². The molecule has 0 fully saturated rings. The summed E-state index contributed by atoms with van der Waals surface area (Å²) < 4.78 is 0. The molecule has 0 aliphatic carbocycles. The minimum absolute atomic E-state index is 0.193. The van der Waals surface area contributed by atoms with Crippen LogP contribution >= 0.6 is 0 Å². The molecule has 6 nitrogen and oxygen atoms in total. The van der Waals surface area contributed by atoms with Crippen LogP contribution in [0.5, 0.6) is 0 Å². The molecule has 2 rings (SSSR count). The van der Waals surface area contributed by atoms with Gasteiger partial charge in [-0.25, -0.2) is 0 Å². The second kappa shape index (κ2) is 13.9. The van der Waals surface area contributed by atoms with Crippen LogP contribution in [-0.2, 0) is 25.7 Å². The largest absolute Gasteiger partial charge is 0.394 e. The fourth-order valence-corrected chi connectivity index (χ4v) is 4.82. The monoisotopic (exact) mass is 474 g/mol. The lowest BCUT2D eigenvalue weighted by atomic mass is 9.79. The molecule has 0 heterocycles. The molecule has 6 heteroatoms. The van der Waals surface area contributed by atoms with Gasteiger partial charge in [0.1, 0.15) is 24.4 Å². The highest BCUT2D eigenvalue weighted by Gasteiger charge is 2.38. The first-order chi connectivity index (χ1) is 16.2. The molecule has 2 aromatic carbocycles. The Hall–Kier alpha value is -1.80. The highest BCUT2D eigenvalue weighted by molar-refractivity contribution is 5.29. The summed E-state index contributed by atoms with van der Waals surface area (Å²) in [7, 11) is 0. The van der Waals surface area contributed by atoms with E-state index in [-0.39, 0.29) is 11.8 Å². The Bertz CT molecular complexity index is 856. The van der Waals surface area contributed by atoms with Crippen molar-refractivity contribution in [2.75, 3.05) is 6.61 Å². The number of rotatable bonds is 14. The van der Waals surface area contributed by atoms with Crippen LogP contribution in [0.4, 0.5) is 0 Å². The third kappa shape index (κ3) is 7.60. The number of aliphatic hydroxyl groups excluding tert-OH is 6. The molecular formula is C28H42O6. The van der Waals surface area contributed by atoms with Gasteiger partial charge in [0.05, 0.1) is 12.7 Å². The fourth-order valence-electron chi connectivity index (χ4n) is 4.82. The smallest absolute Gasteiger partial charge is 0.111 e. The van der Waals surface area contributed by atoms with Crippen LogP contribution in [0.3, 0.4) is 0 Å². The molecule has 34 heavy (non-hydrogen) atoms. The molecule has 190 valence electrons. The molecule has 7 atom stereocenters. The number of aryl methyl sites for hydroxylation is 2. The van der Waals surface area contributed by atoms with E-state index >= 15 is 0 Å². The van der Waals surface area contributed by atoms with Gasteiger partial charge in [-0.05, 0) is 66.2 Å². The summed E-state index contributed by atoms with van der Waals surface area (Å²) in [5, 5.41) is 61.0. The zero-order valence-corrected chi connectivity index (χ0v) is 20.6. The van der Waals surface area contributed by atoms with Crippen LogP contribution < -0.4 is 0 Å². The van der Waals surface area contributed by atoms with Crippen molar-refractivity contribution in [1.82, 2.24) is 0 Å². The van der Waals surface area contributed by atoms with Gasteiger partial charge in [0.15, 0.2) is 0 Å². The molecular weight excluding hydrogens is 432 g/mol. The van der Waals surface area contributed by atoms with Crippen molar-refractivity contribution < 1.29 is 30.6 Å². The SMILES string of the molecule is CCc1ccccc1CC(C)CC(Cc1ccccc1CC)C(O)[C@@H](O)[C@@H](O)[C@H](O)[C@@H](O)CO. The van der Waals surface area contributed by atoms with Crippen molar-refractivity contribution in [3.63, 3.8) is 0 Å². The summed E-state index contributed by atoms with van der Waals surface area (Å²) in [5.41, 5.74) is 4.79. The molecule has 0 radical (unpaired) electrons. The Morgan fingerprint density at radius 3 is 1.53 bits per heavy atom. The van der Waals surface area contributed by atoms with Crippen molar-refractivity contribution in [1.29, 1.82) is 0 Å². The predicted molar refractivity (Wildman–Crippen MR) is 133 cm³/mol. The van der Waals surface area contributed by atoms with E-state index in [1.54, 1.807) is 0 Å². The van der Waals surface area contributed by atoms with E-state index in [9.17, 15) is 25.5 Å². The third-order valence-electron chi connectivity index (χ3n) is 6.87. The predicted octanol–water partition coefficient (Wildman–Crippen LogP) is 2.04. The van der Waals surface area contributed by atoms with Crippen molar-refractivity contribution >= 4 is 0 Å². The number of hydrogen-bond donors (Lipinski definition) is 6. The quantitative estimate of drug-likeness (QED) is 0.249. The van der Waals surface area contributed by atoms with E-state index in [0.717, 1.165) is 30.4 Å². The molecule has 0 saturated heterocycles. The number of hydrogen-bond acceptors (Lipinski definition) is 6. The first-order valence-electron chi connectivity index (χ1n) is 12.4. The first-order valence-corrected chi connectivity index (χ1v) is 12.4. The van der Waals surface area contributed by atoms with E-state index in [2.05, 4.69) is 32.9 Å². The second-order valence-corrected chi connectivity index (χ2v) is 9.47. The third-order valence-corrected chi connectivity index (χ3v) is 6.87. The zero-order chi connectivity index (χ0) is 25.3. The molecule has 3 unspecified atom stereocenters. The summed E-state index contributed by atoms with van der Waals surface area (Å²) in [5.74, 6) is -0.196. The summed E-state index contributed by atoms with van der Waals surface area (Å²) in [6.07, 6.45) is -4.47. The standard InChI is InChI=1S/C28H42O6/c1-4-19-10-6-8-12-21(19)14-18(3)15-23(16-22-13-9-7-11-20(22)5-2)25(31)27(33)28(34)26(32)24(30)17-29/h6-13,18,23-34H,4-5,14-17H2,1-3H3/t18?,23?,24-,25?,26+,27+,28-/m0/s1. The fraction of sp³-hybridized carbons (Fsp3) is 0.571. The Morgan fingerprint density at radius 1 is 0.618 bits per heavy atom. The van der Waals surface area contributed by atoms with Gasteiger partial charge in [0, 0.05) is 0 Å². The Labute approximate surface area is 203 Å². The number of benzene rings is 2. The van der Waals surface area contributed by atoms with Crippen molar-refractivity contribution in [2.45, 2.75) is 83.4 Å². The van der Waals surface area contributed by atoms with E-state index in [1.807, 2.05) is 36.4 Å². The molecule has 0 spiro atoms. The van der Waals surface area contributed by atoms with E-state index in [4.69, 9.17) is 5.11 Å². The number of aliphatic hydroxyl groups is 6. The highest BCUT2D eigenvalue weighted by Crippen LogP contribution is 2.28. The van der Waals surface area contributed by atoms with Gasteiger partial charge in [-0.1, -0.05) is 69.3 Å². The maximum Gasteiger partial charge on any atom is 0.111 e. The lowest BCUT2D eigenvalue weighted by Crippen LogP contribution is -2.52. The normalized spacial score (nSPS) is 18.0. The lowest BCUT2D eigenvalue weighted by Gasteiger charge is -2.34. The van der Waals surface area contributed by atoms with Crippen LogP contribution in [0.25, 0.3) is 0 Å². The average Bonchev–Trinajstić information content (AvgIpc) is 2.86. The molecule has 0 bridgehead atoms. The maximum absolute atomic E-state index is 11.1. The van der Waals surface area contributed by atoms with Gasteiger partial charge in [-0.2, -0.15) is 0 Å². The summed E-state index contributed by atoms with van der Waals surface area (Å²) in [4.78, 5) is 0. The molecule has 0 aliphatic heterocycles. The first kappa shape index (κ1) is 28.4. The molecule has 0 saturated carbocycles. The van der Waals surface area contributed by atoms with Crippen LogP contribution in [0.2, 0.25) is 0 Å². The van der Waals surface area contributed by atoms with Crippen LogP contribution in [0.15, 0.2) is 48.5 Å². The Balaban J connectivity index is 2.25. The van der Waals surface area contributed by atoms with Gasteiger partial charge < -0.3 is 30.6 Å². The minimum Gasteiger partial charge on any atom is -0.394 e. The summed E-state index contributed by atoms with van der Waals surface area (Å²) in [6, 6.07) is 16.3. The average molecular weight is 475 g/mol. The van der Waals surface area contributed by atoms with E-state index in [0.29, 0.717) is 12.8 Å². The van der Waals surface area contributed by atoms with Crippen molar-refractivity contribution in [3.8, 4) is 0 Å². The van der Waals surface area contributed by atoms with Gasteiger partial charge in [0.2, 0.25) is 0 Å². The van der Waals surface area contributed by atoms with E-state index < -0.39 is 37.1 Å². The Kier molecular flexibility index (Phi) is 11.6. The molecule has 2 aromatic rings. The van der Waals surface area contributed by atoms with Gasteiger partial charge in [-0.3, -0.25) is 0 Å². The molecule has 0 amide bonds. The second-order valence-electron chi connectivity index (χ2n) is 9.47. The van der Waals surface area contributed by atoms with Gasteiger partial charge >= 0.3 is 0 Å². The minimum atomic E-state index is -1.79. The highest BCUT2D eigenvalue weighted by atomic mass is 16.4. The summed E-state index contributed by atoms with van der Waals surface area (Å²) in [6.45, 7) is 5.55. The molecule has 0 aromatic heterocycles. The Morgan fingerprint density at radius 2 is 1.06 bits per heavy atom. The van der Waals surface area contributed by atoms with Gasteiger partial charge in [0.25, 0.3) is 0 Å². The van der Waals surface area contributed by atoms with Crippen molar-refractivity contribution in [3.05, 3.63) is 70.8 Å². The van der Waals surface area contributed by atoms with Crippen LogP contribution in [0.1, 0.15) is 49.4 Å². The molecule has 6 N–H and O–H groups in total. The van der Waals surface area contributed by atoms with Crippen molar-refractivity contribution in [2.24, 2.45) is 11.8 Å². The topological polar surface area (TPSA) is 121 Å². The van der Waals surface area contributed by atoms with Crippen LogP contribution in [-0.4, -0.2) is 67.8 Å². The van der Waals surface area contributed by atoms with Gasteiger partial charge in [-0.15, -0.1) is 0 Å².